The number of piperazine rings is 1. The number of β-amino-alcohol motifs (C(OH)–C–C–N with tert-alkyl or cyclic N) is 1. The molecular formula is C22H29N3O2. The van der Waals surface area contributed by atoms with Gasteiger partial charge in [-0.25, -0.2) is 0 Å². The molecule has 3 rings (SSSR count). The van der Waals surface area contributed by atoms with Crippen LogP contribution in [0.5, 0.6) is 0 Å². The highest BCUT2D eigenvalue weighted by Gasteiger charge is 2.21. The largest absolute Gasteiger partial charge is 0.387 e. The summed E-state index contributed by atoms with van der Waals surface area (Å²) in [6, 6.07) is 17.7. The van der Waals surface area contributed by atoms with Crippen molar-refractivity contribution in [1.29, 1.82) is 0 Å². The second-order valence-corrected chi connectivity index (χ2v) is 7.06. The smallest absolute Gasteiger partial charge is 0.238 e. The summed E-state index contributed by atoms with van der Waals surface area (Å²) >= 11 is 0. The average Bonchev–Trinajstić information content (AvgIpc) is 2.70. The van der Waals surface area contributed by atoms with E-state index in [-0.39, 0.29) is 5.91 Å². The highest BCUT2D eigenvalue weighted by Crippen LogP contribution is 2.16. The number of carbonyl (C=O) groups is 1. The van der Waals surface area contributed by atoms with E-state index < -0.39 is 6.10 Å². The predicted molar refractivity (Wildman–Crippen MR) is 109 cm³/mol. The van der Waals surface area contributed by atoms with Gasteiger partial charge in [0.05, 0.1) is 12.6 Å². The summed E-state index contributed by atoms with van der Waals surface area (Å²) in [7, 11) is 0. The molecule has 1 aliphatic heterocycles. The lowest BCUT2D eigenvalue weighted by Gasteiger charge is -2.35. The first-order valence-corrected chi connectivity index (χ1v) is 9.71. The Morgan fingerprint density at radius 1 is 1.00 bits per heavy atom. The minimum Gasteiger partial charge on any atom is -0.387 e. The van der Waals surface area contributed by atoms with E-state index >= 15 is 0 Å². The Balaban J connectivity index is 1.43. The number of nitrogens with one attached hydrogen (secondary N) is 1. The van der Waals surface area contributed by atoms with Gasteiger partial charge in [-0.05, 0) is 23.6 Å². The maximum Gasteiger partial charge on any atom is 0.238 e. The van der Waals surface area contributed by atoms with Gasteiger partial charge in [-0.3, -0.25) is 14.6 Å². The van der Waals surface area contributed by atoms with Gasteiger partial charge in [0, 0.05) is 38.4 Å². The summed E-state index contributed by atoms with van der Waals surface area (Å²) < 4.78 is 0. The molecule has 1 atom stereocenters. The van der Waals surface area contributed by atoms with E-state index in [0.29, 0.717) is 13.1 Å². The van der Waals surface area contributed by atoms with Crippen molar-refractivity contribution in [3.8, 4) is 0 Å². The maximum atomic E-state index is 12.4. The zero-order valence-corrected chi connectivity index (χ0v) is 16.0. The molecule has 1 aliphatic rings. The highest BCUT2D eigenvalue weighted by atomic mass is 16.3. The van der Waals surface area contributed by atoms with E-state index in [0.717, 1.165) is 49.4 Å². The zero-order chi connectivity index (χ0) is 19.1. The number of amides is 1. The monoisotopic (exact) mass is 367 g/mol. The van der Waals surface area contributed by atoms with Crippen LogP contribution in [0.25, 0.3) is 0 Å². The average molecular weight is 367 g/mol. The van der Waals surface area contributed by atoms with Crippen LogP contribution in [0, 0.1) is 0 Å². The van der Waals surface area contributed by atoms with E-state index in [1.54, 1.807) is 0 Å². The number of carbonyl (C=O) groups excluding carboxylic acids is 1. The quantitative estimate of drug-likeness (QED) is 0.790. The molecule has 0 radical (unpaired) electrons. The molecule has 0 saturated carbocycles. The van der Waals surface area contributed by atoms with E-state index in [1.807, 2.05) is 54.6 Å². The fraction of sp³-hybridized carbons (Fsp3) is 0.409. The van der Waals surface area contributed by atoms with Gasteiger partial charge in [-0.2, -0.15) is 0 Å². The lowest BCUT2D eigenvalue weighted by atomic mass is 10.1. The third-order valence-electron chi connectivity index (χ3n) is 5.12. The van der Waals surface area contributed by atoms with Crippen LogP contribution in [-0.4, -0.2) is 60.1 Å². The van der Waals surface area contributed by atoms with Crippen LogP contribution in [0.2, 0.25) is 0 Å². The molecule has 1 unspecified atom stereocenters. The van der Waals surface area contributed by atoms with Crippen LogP contribution in [0.3, 0.4) is 0 Å². The number of hydrogen-bond acceptors (Lipinski definition) is 4. The second kappa shape index (κ2) is 9.65. The summed E-state index contributed by atoms with van der Waals surface area (Å²) in [6.45, 7) is 6.54. The minimum atomic E-state index is -0.466. The topological polar surface area (TPSA) is 55.8 Å². The van der Waals surface area contributed by atoms with Crippen molar-refractivity contribution >= 4 is 11.6 Å². The van der Waals surface area contributed by atoms with Crippen molar-refractivity contribution in [2.24, 2.45) is 0 Å². The number of benzene rings is 2. The molecule has 5 nitrogen and oxygen atoms in total. The van der Waals surface area contributed by atoms with Crippen LogP contribution in [0.4, 0.5) is 5.69 Å². The highest BCUT2D eigenvalue weighted by molar-refractivity contribution is 5.93. The van der Waals surface area contributed by atoms with Crippen molar-refractivity contribution < 1.29 is 9.90 Å². The van der Waals surface area contributed by atoms with Crippen LogP contribution < -0.4 is 5.32 Å². The van der Waals surface area contributed by atoms with Crippen molar-refractivity contribution in [2.75, 3.05) is 44.6 Å². The molecule has 1 fully saturated rings. The molecule has 1 amide bonds. The fourth-order valence-electron chi connectivity index (χ4n) is 3.50. The number of rotatable bonds is 7. The molecule has 2 aromatic carbocycles. The molecule has 0 aliphatic carbocycles. The second-order valence-electron chi connectivity index (χ2n) is 7.06. The molecule has 2 N–H and O–H groups in total. The number of nitrogens with zero attached hydrogens (tertiary/aromatic N) is 2. The van der Waals surface area contributed by atoms with Crippen molar-refractivity contribution in [3.05, 3.63) is 65.7 Å². The summed E-state index contributed by atoms with van der Waals surface area (Å²) in [5, 5.41) is 13.4. The Kier molecular flexibility index (Phi) is 6.98. The van der Waals surface area contributed by atoms with Gasteiger partial charge in [-0.15, -0.1) is 0 Å². The Hall–Kier alpha value is -2.21. The summed E-state index contributed by atoms with van der Waals surface area (Å²) in [6.07, 6.45) is 0.436. The Morgan fingerprint density at radius 2 is 1.63 bits per heavy atom. The van der Waals surface area contributed by atoms with Crippen molar-refractivity contribution in [2.45, 2.75) is 19.4 Å². The lowest BCUT2D eigenvalue weighted by molar-refractivity contribution is -0.117. The Morgan fingerprint density at radius 3 is 2.33 bits per heavy atom. The molecule has 1 heterocycles. The van der Waals surface area contributed by atoms with E-state index in [1.165, 1.54) is 0 Å². The number of aliphatic hydroxyl groups is 1. The van der Waals surface area contributed by atoms with Gasteiger partial charge in [0.15, 0.2) is 0 Å². The first-order chi connectivity index (χ1) is 13.2. The molecule has 1 saturated heterocycles. The molecule has 0 spiro atoms. The summed E-state index contributed by atoms with van der Waals surface area (Å²) in [5.41, 5.74) is 3.02. The van der Waals surface area contributed by atoms with Gasteiger partial charge in [-0.1, -0.05) is 55.5 Å². The predicted octanol–water partition coefficient (Wildman–Crippen LogP) is 2.54. The number of para-hydroxylation sites is 1. The molecule has 27 heavy (non-hydrogen) atoms. The molecule has 5 heteroatoms. The Bertz CT molecular complexity index is 727. The van der Waals surface area contributed by atoms with Gasteiger partial charge in [0.2, 0.25) is 5.91 Å². The molecule has 0 aromatic heterocycles. The van der Waals surface area contributed by atoms with Crippen LogP contribution in [-0.2, 0) is 11.2 Å². The number of aliphatic hydroxyl groups excluding tert-OH is 1. The van der Waals surface area contributed by atoms with Gasteiger partial charge in [0.1, 0.15) is 0 Å². The first-order valence-electron chi connectivity index (χ1n) is 9.71. The Labute approximate surface area is 161 Å². The number of hydrogen-bond donors (Lipinski definition) is 2. The van der Waals surface area contributed by atoms with Gasteiger partial charge in [0.25, 0.3) is 0 Å². The summed E-state index contributed by atoms with van der Waals surface area (Å²) in [5.74, 6) is 0.0358. The van der Waals surface area contributed by atoms with Crippen molar-refractivity contribution in [3.63, 3.8) is 0 Å². The number of anilines is 1. The first kappa shape index (κ1) is 19.5. The summed E-state index contributed by atoms with van der Waals surface area (Å²) in [4.78, 5) is 16.8. The molecular weight excluding hydrogens is 338 g/mol. The molecule has 144 valence electrons. The lowest BCUT2D eigenvalue weighted by Crippen LogP contribution is -2.49. The fourth-order valence-corrected chi connectivity index (χ4v) is 3.50. The maximum absolute atomic E-state index is 12.4. The third kappa shape index (κ3) is 5.63. The molecule has 2 aromatic rings. The van der Waals surface area contributed by atoms with E-state index in [9.17, 15) is 9.90 Å². The number of aryl methyl sites for hydroxylation is 1. The van der Waals surface area contributed by atoms with Crippen LogP contribution >= 0.6 is 0 Å². The molecule has 0 bridgehead atoms. The zero-order valence-electron chi connectivity index (χ0n) is 16.0. The minimum absolute atomic E-state index is 0.0358. The van der Waals surface area contributed by atoms with E-state index in [4.69, 9.17) is 0 Å². The van der Waals surface area contributed by atoms with Crippen molar-refractivity contribution in [1.82, 2.24) is 9.80 Å². The van der Waals surface area contributed by atoms with Crippen LogP contribution in [0.1, 0.15) is 24.2 Å². The normalized spacial score (nSPS) is 16.8. The SMILES string of the molecule is CCc1ccccc1NC(=O)CN1CCN(CC(O)c2ccccc2)CC1. The van der Waals surface area contributed by atoms with E-state index in [2.05, 4.69) is 22.0 Å². The van der Waals surface area contributed by atoms with Gasteiger partial charge >= 0.3 is 0 Å². The van der Waals surface area contributed by atoms with Crippen LogP contribution in [0.15, 0.2) is 54.6 Å². The van der Waals surface area contributed by atoms with Gasteiger partial charge < -0.3 is 10.4 Å². The standard InChI is InChI=1S/C22H29N3O2/c1-2-18-8-6-7-11-20(18)23-22(27)17-25-14-12-24(13-15-25)16-21(26)19-9-4-3-5-10-19/h3-11,21,26H,2,12-17H2,1H3,(H,23,27). The third-order valence-corrected chi connectivity index (χ3v) is 5.12.